The van der Waals surface area contributed by atoms with E-state index in [0.29, 0.717) is 18.1 Å². The van der Waals surface area contributed by atoms with Gasteiger partial charge in [0.15, 0.2) is 0 Å². The van der Waals surface area contributed by atoms with Crippen LogP contribution in [0.5, 0.6) is 0 Å². The Morgan fingerprint density at radius 3 is 2.56 bits per heavy atom. The predicted molar refractivity (Wildman–Crippen MR) is 147 cm³/mol. The SMILES string of the molecule is Cc1cccc(C(CCNC2CCC(N)CC2)c2cn(C3CCCCC3)c3ccc([N+](=O)[O-])cc23)c1. The lowest BCUT2D eigenvalue weighted by Gasteiger charge is -2.28. The third-order valence-corrected chi connectivity index (χ3v) is 8.48. The van der Waals surface area contributed by atoms with Crippen LogP contribution in [-0.2, 0) is 0 Å². The van der Waals surface area contributed by atoms with Crippen LogP contribution in [0.4, 0.5) is 5.69 Å². The number of nitro groups is 1. The van der Waals surface area contributed by atoms with Crippen molar-refractivity contribution in [1.82, 2.24) is 9.88 Å². The molecular formula is C30H40N4O2. The molecule has 3 aromatic rings. The summed E-state index contributed by atoms with van der Waals surface area (Å²) in [5.41, 5.74) is 11.2. The Bertz CT molecular complexity index is 1190. The highest BCUT2D eigenvalue weighted by molar-refractivity contribution is 5.87. The highest BCUT2D eigenvalue weighted by atomic mass is 16.6. The van der Waals surface area contributed by atoms with Gasteiger partial charge in [-0.05, 0) is 75.6 Å². The normalized spacial score (nSPS) is 22.1. The average Bonchev–Trinajstić information content (AvgIpc) is 3.27. The van der Waals surface area contributed by atoms with Gasteiger partial charge >= 0.3 is 0 Å². The van der Waals surface area contributed by atoms with E-state index in [1.165, 1.54) is 48.8 Å². The molecule has 5 rings (SSSR count). The molecule has 6 nitrogen and oxygen atoms in total. The van der Waals surface area contributed by atoms with Gasteiger partial charge in [0.2, 0.25) is 0 Å². The van der Waals surface area contributed by atoms with E-state index in [-0.39, 0.29) is 16.5 Å². The lowest BCUT2D eigenvalue weighted by atomic mass is 9.87. The van der Waals surface area contributed by atoms with Crippen LogP contribution in [0.25, 0.3) is 10.9 Å². The smallest absolute Gasteiger partial charge is 0.270 e. The molecule has 2 aromatic carbocycles. The molecule has 192 valence electrons. The number of nitrogens with zero attached hydrogens (tertiary/aromatic N) is 2. The number of hydrogen-bond donors (Lipinski definition) is 2. The number of fused-ring (bicyclic) bond motifs is 1. The second kappa shape index (κ2) is 11.1. The zero-order chi connectivity index (χ0) is 25.1. The topological polar surface area (TPSA) is 86.1 Å². The van der Waals surface area contributed by atoms with Crippen molar-refractivity contribution < 1.29 is 4.92 Å². The molecule has 0 spiro atoms. The Morgan fingerprint density at radius 1 is 1.06 bits per heavy atom. The fourth-order valence-corrected chi connectivity index (χ4v) is 6.47. The minimum Gasteiger partial charge on any atom is -0.344 e. The molecular weight excluding hydrogens is 448 g/mol. The third-order valence-electron chi connectivity index (χ3n) is 8.48. The summed E-state index contributed by atoms with van der Waals surface area (Å²) in [6, 6.07) is 15.6. The van der Waals surface area contributed by atoms with Gasteiger partial charge in [-0.3, -0.25) is 10.1 Å². The van der Waals surface area contributed by atoms with Gasteiger partial charge in [0.05, 0.1) is 4.92 Å². The Hall–Kier alpha value is -2.70. The van der Waals surface area contributed by atoms with Crippen LogP contribution in [0.2, 0.25) is 0 Å². The summed E-state index contributed by atoms with van der Waals surface area (Å²) >= 11 is 0. The number of benzene rings is 2. The Labute approximate surface area is 214 Å². The molecule has 1 unspecified atom stereocenters. The molecule has 0 aliphatic heterocycles. The van der Waals surface area contributed by atoms with Gasteiger partial charge in [0, 0.05) is 53.3 Å². The molecule has 2 fully saturated rings. The lowest BCUT2D eigenvalue weighted by molar-refractivity contribution is -0.384. The van der Waals surface area contributed by atoms with Crippen LogP contribution in [0.3, 0.4) is 0 Å². The van der Waals surface area contributed by atoms with Gasteiger partial charge in [0.1, 0.15) is 0 Å². The highest BCUT2D eigenvalue weighted by Crippen LogP contribution is 2.40. The standard InChI is InChI=1S/C30H40N4O2/c1-21-6-5-7-22(18-21)27(16-17-32-24-12-10-23(31)11-13-24)29-20-33(25-8-3-2-4-9-25)30-15-14-26(34(35)36)19-28(29)30/h5-7,14-15,18-20,23-25,27,32H,2-4,8-13,16-17,31H2,1H3. The van der Waals surface area contributed by atoms with Crippen molar-refractivity contribution >= 4 is 16.6 Å². The van der Waals surface area contributed by atoms with Crippen LogP contribution in [0.1, 0.15) is 92.9 Å². The quantitative estimate of drug-likeness (QED) is 0.271. The second-order valence-corrected chi connectivity index (χ2v) is 11.1. The van der Waals surface area contributed by atoms with Gasteiger partial charge in [-0.2, -0.15) is 0 Å². The van der Waals surface area contributed by atoms with Crippen molar-refractivity contribution in [3.8, 4) is 0 Å². The molecule has 2 aliphatic carbocycles. The molecule has 0 bridgehead atoms. The average molecular weight is 489 g/mol. The molecule has 3 N–H and O–H groups in total. The van der Waals surface area contributed by atoms with E-state index in [0.717, 1.165) is 49.6 Å². The number of non-ortho nitro benzene ring substituents is 1. The molecule has 0 radical (unpaired) electrons. The molecule has 0 saturated heterocycles. The van der Waals surface area contributed by atoms with Gasteiger partial charge in [-0.1, -0.05) is 49.1 Å². The maximum Gasteiger partial charge on any atom is 0.270 e. The van der Waals surface area contributed by atoms with Crippen LogP contribution in [0.15, 0.2) is 48.7 Å². The van der Waals surface area contributed by atoms with Crippen molar-refractivity contribution in [2.24, 2.45) is 5.73 Å². The zero-order valence-corrected chi connectivity index (χ0v) is 21.5. The Morgan fingerprint density at radius 2 is 1.83 bits per heavy atom. The monoisotopic (exact) mass is 488 g/mol. The fourth-order valence-electron chi connectivity index (χ4n) is 6.47. The number of hydrogen-bond acceptors (Lipinski definition) is 4. The van der Waals surface area contributed by atoms with Crippen LogP contribution in [0, 0.1) is 17.0 Å². The number of aryl methyl sites for hydroxylation is 1. The summed E-state index contributed by atoms with van der Waals surface area (Å²) in [5.74, 6) is 0.178. The molecule has 0 amide bonds. The number of nitro benzene ring substituents is 1. The molecule has 1 atom stereocenters. The fraction of sp³-hybridized carbons (Fsp3) is 0.533. The summed E-state index contributed by atoms with van der Waals surface area (Å²) in [5, 5.41) is 16.5. The first-order valence-electron chi connectivity index (χ1n) is 13.8. The van der Waals surface area contributed by atoms with Crippen molar-refractivity contribution in [1.29, 1.82) is 0 Å². The largest absolute Gasteiger partial charge is 0.344 e. The van der Waals surface area contributed by atoms with E-state index >= 15 is 0 Å². The maximum atomic E-state index is 11.7. The van der Waals surface area contributed by atoms with Gasteiger partial charge in [0.25, 0.3) is 5.69 Å². The van der Waals surface area contributed by atoms with Gasteiger partial charge < -0.3 is 15.6 Å². The van der Waals surface area contributed by atoms with E-state index in [1.807, 2.05) is 12.1 Å². The lowest BCUT2D eigenvalue weighted by Crippen LogP contribution is -2.38. The third kappa shape index (κ3) is 5.50. The number of aromatic nitrogens is 1. The molecule has 1 aromatic heterocycles. The molecule has 2 aliphatic rings. The van der Waals surface area contributed by atoms with Crippen LogP contribution >= 0.6 is 0 Å². The van der Waals surface area contributed by atoms with E-state index in [1.54, 1.807) is 6.07 Å². The predicted octanol–water partition coefficient (Wildman–Crippen LogP) is 6.74. The molecule has 6 heteroatoms. The van der Waals surface area contributed by atoms with Crippen molar-refractivity contribution in [3.05, 3.63) is 75.5 Å². The van der Waals surface area contributed by atoms with Crippen molar-refractivity contribution in [3.63, 3.8) is 0 Å². The molecule has 2 saturated carbocycles. The minimum atomic E-state index is -0.266. The van der Waals surface area contributed by atoms with Gasteiger partial charge in [-0.15, -0.1) is 0 Å². The first-order valence-corrected chi connectivity index (χ1v) is 13.8. The summed E-state index contributed by atoms with van der Waals surface area (Å²) in [6.45, 7) is 3.06. The van der Waals surface area contributed by atoms with E-state index in [4.69, 9.17) is 5.73 Å². The minimum absolute atomic E-state index is 0.171. The molecule has 1 heterocycles. The summed E-state index contributed by atoms with van der Waals surface area (Å²) in [6.07, 6.45) is 13.9. The first kappa shape index (κ1) is 25.0. The van der Waals surface area contributed by atoms with E-state index < -0.39 is 0 Å². The highest BCUT2D eigenvalue weighted by Gasteiger charge is 2.26. The van der Waals surface area contributed by atoms with Crippen molar-refractivity contribution in [2.45, 2.75) is 95.2 Å². The van der Waals surface area contributed by atoms with Crippen LogP contribution < -0.4 is 11.1 Å². The maximum absolute atomic E-state index is 11.7. The van der Waals surface area contributed by atoms with Crippen molar-refractivity contribution in [2.75, 3.05) is 6.54 Å². The Kier molecular flexibility index (Phi) is 7.73. The van der Waals surface area contributed by atoms with E-state index in [9.17, 15) is 10.1 Å². The van der Waals surface area contributed by atoms with E-state index in [2.05, 4.69) is 47.3 Å². The summed E-state index contributed by atoms with van der Waals surface area (Å²) in [7, 11) is 0. The first-order chi connectivity index (χ1) is 17.5. The summed E-state index contributed by atoms with van der Waals surface area (Å²) < 4.78 is 2.44. The van der Waals surface area contributed by atoms with Crippen LogP contribution in [-0.4, -0.2) is 28.1 Å². The summed E-state index contributed by atoms with van der Waals surface area (Å²) in [4.78, 5) is 11.4. The number of nitrogens with two attached hydrogens (primary N) is 1. The number of rotatable bonds is 8. The number of nitrogens with one attached hydrogen (secondary N) is 1. The zero-order valence-electron chi connectivity index (χ0n) is 21.5. The second-order valence-electron chi connectivity index (χ2n) is 11.1. The molecule has 36 heavy (non-hydrogen) atoms. The Balaban J connectivity index is 1.51. The van der Waals surface area contributed by atoms with Gasteiger partial charge in [-0.25, -0.2) is 0 Å².